The summed E-state index contributed by atoms with van der Waals surface area (Å²) < 4.78 is 0. The second kappa shape index (κ2) is 3.83. The molecule has 84 valence electrons. The molecule has 1 aromatic rings. The van der Waals surface area contributed by atoms with E-state index in [4.69, 9.17) is 0 Å². The fourth-order valence-corrected chi connectivity index (χ4v) is 1.98. The molecular formula is C11H14N4O. The average Bonchev–Trinajstić information content (AvgIpc) is 2.97. The lowest BCUT2D eigenvalue weighted by Crippen LogP contribution is -2.35. The summed E-state index contributed by atoms with van der Waals surface area (Å²) in [5.41, 5.74) is 2.19. The van der Waals surface area contributed by atoms with Gasteiger partial charge >= 0.3 is 0 Å². The Balaban J connectivity index is 1.57. The molecule has 1 amide bonds. The van der Waals surface area contributed by atoms with Crippen LogP contribution in [0.15, 0.2) is 12.5 Å². The zero-order valence-corrected chi connectivity index (χ0v) is 9.02. The van der Waals surface area contributed by atoms with Crippen molar-refractivity contribution in [3.8, 4) is 0 Å². The molecule has 1 fully saturated rings. The van der Waals surface area contributed by atoms with Crippen molar-refractivity contribution in [1.82, 2.24) is 20.2 Å². The Kier molecular flexibility index (Phi) is 2.32. The van der Waals surface area contributed by atoms with Gasteiger partial charge in [-0.3, -0.25) is 9.69 Å². The Morgan fingerprint density at radius 2 is 2.38 bits per heavy atom. The predicted octanol–water partition coefficient (Wildman–Crippen LogP) is 0.0708. The van der Waals surface area contributed by atoms with E-state index in [-0.39, 0.29) is 5.91 Å². The quantitative estimate of drug-likeness (QED) is 0.780. The standard InChI is InChI=1S/C11H14N4O/c16-11(14-9-1-2-9)6-15-4-8-3-12-7-13-10(8)5-15/h3,7,9H,1-2,4-6H2,(H,14,16). The lowest BCUT2D eigenvalue weighted by molar-refractivity contribution is -0.122. The minimum atomic E-state index is 0.128. The van der Waals surface area contributed by atoms with Crippen molar-refractivity contribution >= 4 is 5.91 Å². The first-order valence-corrected chi connectivity index (χ1v) is 5.61. The second-order valence-electron chi connectivity index (χ2n) is 4.48. The van der Waals surface area contributed by atoms with E-state index in [9.17, 15) is 4.79 Å². The molecule has 1 N–H and O–H groups in total. The molecule has 1 aliphatic carbocycles. The summed E-state index contributed by atoms with van der Waals surface area (Å²) in [5, 5.41) is 2.99. The molecule has 3 rings (SSSR count). The van der Waals surface area contributed by atoms with E-state index in [1.54, 1.807) is 6.33 Å². The van der Waals surface area contributed by atoms with Crippen LogP contribution < -0.4 is 5.32 Å². The number of carbonyl (C=O) groups excluding carboxylic acids is 1. The maximum absolute atomic E-state index is 11.6. The van der Waals surface area contributed by atoms with Gasteiger partial charge in [0.15, 0.2) is 0 Å². The van der Waals surface area contributed by atoms with E-state index in [1.165, 1.54) is 0 Å². The number of aromatic nitrogens is 2. The number of hydrogen-bond donors (Lipinski definition) is 1. The Labute approximate surface area is 93.9 Å². The Morgan fingerprint density at radius 1 is 1.50 bits per heavy atom. The molecule has 0 bridgehead atoms. The topological polar surface area (TPSA) is 58.1 Å². The molecular weight excluding hydrogens is 204 g/mol. The first-order valence-electron chi connectivity index (χ1n) is 5.61. The molecule has 5 nitrogen and oxygen atoms in total. The number of nitrogens with zero attached hydrogens (tertiary/aromatic N) is 3. The van der Waals surface area contributed by atoms with Gasteiger partial charge in [0, 0.05) is 30.9 Å². The van der Waals surface area contributed by atoms with Gasteiger partial charge in [-0.2, -0.15) is 0 Å². The summed E-state index contributed by atoms with van der Waals surface area (Å²) in [5.74, 6) is 0.128. The molecule has 1 aliphatic heterocycles. The number of rotatable bonds is 3. The minimum Gasteiger partial charge on any atom is -0.352 e. The van der Waals surface area contributed by atoms with E-state index < -0.39 is 0 Å². The normalized spacial score (nSPS) is 19.5. The summed E-state index contributed by atoms with van der Waals surface area (Å²) in [7, 11) is 0. The lowest BCUT2D eigenvalue weighted by atomic mass is 10.3. The number of carbonyl (C=O) groups is 1. The first kappa shape index (κ1) is 9.72. The summed E-state index contributed by atoms with van der Waals surface area (Å²) in [6, 6.07) is 0.442. The van der Waals surface area contributed by atoms with Crippen LogP contribution in [0.3, 0.4) is 0 Å². The first-order chi connectivity index (χ1) is 7.81. The fraction of sp³-hybridized carbons (Fsp3) is 0.545. The molecule has 2 aliphatic rings. The monoisotopic (exact) mass is 218 g/mol. The van der Waals surface area contributed by atoms with Gasteiger partial charge in [0.05, 0.1) is 12.2 Å². The third-order valence-electron chi connectivity index (χ3n) is 2.96. The Hall–Kier alpha value is -1.49. The molecule has 1 aromatic heterocycles. The Bertz CT molecular complexity index is 391. The van der Waals surface area contributed by atoms with Crippen LogP contribution in [0.25, 0.3) is 0 Å². The zero-order valence-electron chi connectivity index (χ0n) is 9.02. The molecule has 0 atom stereocenters. The van der Waals surface area contributed by atoms with Crippen molar-refractivity contribution in [3.05, 3.63) is 23.8 Å². The van der Waals surface area contributed by atoms with Crippen molar-refractivity contribution < 1.29 is 4.79 Å². The molecule has 0 radical (unpaired) electrons. The summed E-state index contributed by atoms with van der Waals surface area (Å²) in [6.07, 6.45) is 5.67. The third kappa shape index (κ3) is 2.04. The van der Waals surface area contributed by atoms with Crippen LogP contribution in [0.5, 0.6) is 0 Å². The highest BCUT2D eigenvalue weighted by molar-refractivity contribution is 5.78. The highest BCUT2D eigenvalue weighted by Gasteiger charge is 2.26. The third-order valence-corrected chi connectivity index (χ3v) is 2.96. The van der Waals surface area contributed by atoms with Crippen molar-refractivity contribution in [1.29, 1.82) is 0 Å². The van der Waals surface area contributed by atoms with E-state index in [1.807, 2.05) is 6.20 Å². The molecule has 2 heterocycles. The van der Waals surface area contributed by atoms with Crippen LogP contribution in [0, 0.1) is 0 Å². The van der Waals surface area contributed by atoms with Crippen molar-refractivity contribution in [2.24, 2.45) is 0 Å². The fourth-order valence-electron chi connectivity index (χ4n) is 1.98. The van der Waals surface area contributed by atoms with Crippen LogP contribution >= 0.6 is 0 Å². The van der Waals surface area contributed by atoms with Gasteiger partial charge in [-0.25, -0.2) is 9.97 Å². The smallest absolute Gasteiger partial charge is 0.234 e. The molecule has 0 aromatic carbocycles. The van der Waals surface area contributed by atoms with Gasteiger partial charge in [0.1, 0.15) is 6.33 Å². The maximum atomic E-state index is 11.6. The van der Waals surface area contributed by atoms with Crippen LogP contribution in [0.4, 0.5) is 0 Å². The van der Waals surface area contributed by atoms with Gasteiger partial charge in [0.25, 0.3) is 0 Å². The minimum absolute atomic E-state index is 0.128. The average molecular weight is 218 g/mol. The molecule has 0 saturated heterocycles. The summed E-state index contributed by atoms with van der Waals surface area (Å²) >= 11 is 0. The number of hydrogen-bond acceptors (Lipinski definition) is 4. The molecule has 0 spiro atoms. The number of nitrogens with one attached hydrogen (secondary N) is 1. The summed E-state index contributed by atoms with van der Waals surface area (Å²) in [4.78, 5) is 21.9. The van der Waals surface area contributed by atoms with Crippen molar-refractivity contribution in [2.75, 3.05) is 6.54 Å². The van der Waals surface area contributed by atoms with Crippen molar-refractivity contribution in [2.45, 2.75) is 32.0 Å². The van der Waals surface area contributed by atoms with Gasteiger partial charge in [-0.05, 0) is 12.8 Å². The number of fused-ring (bicyclic) bond motifs is 1. The van der Waals surface area contributed by atoms with E-state index in [2.05, 4.69) is 20.2 Å². The molecule has 16 heavy (non-hydrogen) atoms. The molecule has 0 unspecified atom stereocenters. The van der Waals surface area contributed by atoms with E-state index in [0.29, 0.717) is 12.6 Å². The van der Waals surface area contributed by atoms with Crippen molar-refractivity contribution in [3.63, 3.8) is 0 Å². The predicted molar refractivity (Wildman–Crippen MR) is 57.3 cm³/mol. The maximum Gasteiger partial charge on any atom is 0.234 e. The van der Waals surface area contributed by atoms with Gasteiger partial charge in [-0.1, -0.05) is 0 Å². The van der Waals surface area contributed by atoms with E-state index >= 15 is 0 Å². The zero-order chi connectivity index (χ0) is 11.0. The SMILES string of the molecule is O=C(CN1Cc2cncnc2C1)NC1CC1. The van der Waals surface area contributed by atoms with Gasteiger partial charge in [0.2, 0.25) is 5.91 Å². The lowest BCUT2D eigenvalue weighted by Gasteiger charge is -2.13. The van der Waals surface area contributed by atoms with Gasteiger partial charge in [-0.15, -0.1) is 0 Å². The second-order valence-corrected chi connectivity index (χ2v) is 4.48. The molecule has 5 heteroatoms. The van der Waals surface area contributed by atoms with Crippen LogP contribution in [-0.4, -0.2) is 33.4 Å². The van der Waals surface area contributed by atoms with Crippen LogP contribution in [0.1, 0.15) is 24.1 Å². The molecule has 1 saturated carbocycles. The summed E-state index contributed by atoms with van der Waals surface area (Å²) in [6.45, 7) is 2.01. The highest BCUT2D eigenvalue weighted by Crippen LogP contribution is 2.20. The Morgan fingerprint density at radius 3 is 3.12 bits per heavy atom. The van der Waals surface area contributed by atoms with Crippen LogP contribution in [-0.2, 0) is 17.9 Å². The van der Waals surface area contributed by atoms with E-state index in [0.717, 1.165) is 37.2 Å². The van der Waals surface area contributed by atoms with Crippen LogP contribution in [0.2, 0.25) is 0 Å². The largest absolute Gasteiger partial charge is 0.352 e. The van der Waals surface area contributed by atoms with Gasteiger partial charge < -0.3 is 5.32 Å². The number of amides is 1. The highest BCUT2D eigenvalue weighted by atomic mass is 16.2.